The minimum Gasteiger partial charge on any atom is -0.367 e. The van der Waals surface area contributed by atoms with Crippen LogP contribution in [0.1, 0.15) is 12.8 Å². The van der Waals surface area contributed by atoms with Gasteiger partial charge in [0.2, 0.25) is 10.0 Å². The zero-order valence-electron chi connectivity index (χ0n) is 9.96. The molecule has 1 N–H and O–H groups in total. The second kappa shape index (κ2) is 5.06. The SMILES string of the molecule is CS(=O)(=O)NC[C@@H]1CCCN1c1ccccc1. The molecule has 1 aliphatic heterocycles. The number of sulfonamides is 1. The molecule has 1 atom stereocenters. The van der Waals surface area contributed by atoms with Crippen molar-refractivity contribution in [3.63, 3.8) is 0 Å². The van der Waals surface area contributed by atoms with Crippen molar-refractivity contribution in [2.45, 2.75) is 18.9 Å². The summed E-state index contributed by atoms with van der Waals surface area (Å²) in [6, 6.07) is 10.4. The van der Waals surface area contributed by atoms with Gasteiger partial charge >= 0.3 is 0 Å². The van der Waals surface area contributed by atoms with Crippen LogP contribution in [0.25, 0.3) is 0 Å². The molecule has 0 radical (unpaired) electrons. The van der Waals surface area contributed by atoms with Crippen LogP contribution >= 0.6 is 0 Å². The average Bonchev–Trinajstić information content (AvgIpc) is 2.75. The molecule has 0 amide bonds. The van der Waals surface area contributed by atoms with E-state index in [1.165, 1.54) is 11.9 Å². The van der Waals surface area contributed by atoms with E-state index in [2.05, 4.69) is 21.8 Å². The molecule has 2 rings (SSSR count). The first kappa shape index (κ1) is 12.4. The Labute approximate surface area is 103 Å². The van der Waals surface area contributed by atoms with E-state index in [4.69, 9.17) is 0 Å². The van der Waals surface area contributed by atoms with Gasteiger partial charge in [0, 0.05) is 24.8 Å². The Morgan fingerprint density at radius 2 is 2.06 bits per heavy atom. The minimum atomic E-state index is -3.09. The first-order valence-corrected chi connectivity index (χ1v) is 7.72. The van der Waals surface area contributed by atoms with Crippen LogP contribution in [0, 0.1) is 0 Å². The summed E-state index contributed by atoms with van der Waals surface area (Å²) in [5.74, 6) is 0. The number of anilines is 1. The Morgan fingerprint density at radius 3 is 2.71 bits per heavy atom. The smallest absolute Gasteiger partial charge is 0.208 e. The molecule has 0 aliphatic carbocycles. The highest BCUT2D eigenvalue weighted by Crippen LogP contribution is 2.24. The third kappa shape index (κ3) is 3.44. The molecule has 1 aromatic carbocycles. The van der Waals surface area contributed by atoms with Gasteiger partial charge in [-0.3, -0.25) is 0 Å². The molecule has 94 valence electrons. The van der Waals surface area contributed by atoms with Gasteiger partial charge in [-0.25, -0.2) is 13.1 Å². The second-order valence-electron chi connectivity index (χ2n) is 4.45. The van der Waals surface area contributed by atoms with Crippen molar-refractivity contribution in [1.29, 1.82) is 0 Å². The summed E-state index contributed by atoms with van der Waals surface area (Å²) in [7, 11) is -3.09. The maximum atomic E-state index is 11.1. The standard InChI is InChI=1S/C12H18N2O2S/c1-17(15,16)13-10-12-8-5-9-14(12)11-6-3-2-4-7-11/h2-4,6-7,12-13H,5,8-10H2,1H3/t12-/m0/s1. The third-order valence-corrected chi connectivity index (χ3v) is 3.74. The van der Waals surface area contributed by atoms with Crippen molar-refractivity contribution in [2.75, 3.05) is 24.2 Å². The summed E-state index contributed by atoms with van der Waals surface area (Å²) >= 11 is 0. The van der Waals surface area contributed by atoms with E-state index in [0.29, 0.717) is 6.54 Å². The highest BCUT2D eigenvalue weighted by Gasteiger charge is 2.25. The third-order valence-electron chi connectivity index (χ3n) is 3.05. The molecule has 4 nitrogen and oxygen atoms in total. The van der Waals surface area contributed by atoms with Crippen LogP contribution in [-0.4, -0.2) is 33.8 Å². The number of hydrogen-bond donors (Lipinski definition) is 1. The Bertz CT molecular complexity index is 459. The highest BCUT2D eigenvalue weighted by atomic mass is 32.2. The number of hydrogen-bond acceptors (Lipinski definition) is 3. The van der Waals surface area contributed by atoms with Gasteiger partial charge in [0.25, 0.3) is 0 Å². The maximum absolute atomic E-state index is 11.1. The van der Waals surface area contributed by atoms with Crippen molar-refractivity contribution in [1.82, 2.24) is 4.72 Å². The van der Waals surface area contributed by atoms with Crippen molar-refractivity contribution >= 4 is 15.7 Å². The quantitative estimate of drug-likeness (QED) is 0.878. The molecule has 1 saturated heterocycles. The Kier molecular flexibility index (Phi) is 3.69. The molecule has 0 spiro atoms. The van der Waals surface area contributed by atoms with E-state index in [1.807, 2.05) is 18.2 Å². The topological polar surface area (TPSA) is 49.4 Å². The summed E-state index contributed by atoms with van der Waals surface area (Å²) < 4.78 is 24.8. The van der Waals surface area contributed by atoms with Crippen molar-refractivity contribution in [3.05, 3.63) is 30.3 Å². The first-order valence-electron chi connectivity index (χ1n) is 5.82. The molecule has 0 bridgehead atoms. The Balaban J connectivity index is 2.03. The lowest BCUT2D eigenvalue weighted by Crippen LogP contribution is -2.39. The van der Waals surface area contributed by atoms with E-state index >= 15 is 0 Å². The van der Waals surface area contributed by atoms with Gasteiger partial charge in [0.05, 0.1) is 6.26 Å². The lowest BCUT2D eigenvalue weighted by atomic mass is 10.2. The summed E-state index contributed by atoms with van der Waals surface area (Å²) in [6.45, 7) is 1.49. The van der Waals surface area contributed by atoms with E-state index in [-0.39, 0.29) is 6.04 Å². The van der Waals surface area contributed by atoms with Crippen molar-refractivity contribution < 1.29 is 8.42 Å². The van der Waals surface area contributed by atoms with E-state index in [9.17, 15) is 8.42 Å². The number of rotatable bonds is 4. The minimum absolute atomic E-state index is 0.270. The Hall–Kier alpha value is -1.07. The molecule has 17 heavy (non-hydrogen) atoms. The van der Waals surface area contributed by atoms with Crippen LogP contribution in [0.15, 0.2) is 30.3 Å². The summed E-state index contributed by atoms with van der Waals surface area (Å²) in [5, 5.41) is 0. The number of para-hydroxylation sites is 1. The lowest BCUT2D eigenvalue weighted by Gasteiger charge is -2.26. The largest absolute Gasteiger partial charge is 0.367 e. The maximum Gasteiger partial charge on any atom is 0.208 e. The highest BCUT2D eigenvalue weighted by molar-refractivity contribution is 7.88. The molecule has 0 unspecified atom stereocenters. The molecule has 5 heteroatoms. The van der Waals surface area contributed by atoms with E-state index in [0.717, 1.165) is 19.4 Å². The van der Waals surface area contributed by atoms with Gasteiger partial charge in [-0.05, 0) is 25.0 Å². The normalized spacial score (nSPS) is 20.8. The van der Waals surface area contributed by atoms with Gasteiger partial charge in [-0.2, -0.15) is 0 Å². The predicted molar refractivity (Wildman–Crippen MR) is 69.7 cm³/mol. The monoisotopic (exact) mass is 254 g/mol. The lowest BCUT2D eigenvalue weighted by molar-refractivity contribution is 0.572. The van der Waals surface area contributed by atoms with Crippen molar-refractivity contribution in [3.8, 4) is 0 Å². The first-order chi connectivity index (χ1) is 8.06. The van der Waals surface area contributed by atoms with E-state index in [1.54, 1.807) is 0 Å². The van der Waals surface area contributed by atoms with Gasteiger partial charge in [0.15, 0.2) is 0 Å². The van der Waals surface area contributed by atoms with Crippen LogP contribution in [0.2, 0.25) is 0 Å². The number of nitrogens with zero attached hydrogens (tertiary/aromatic N) is 1. The molecular formula is C12H18N2O2S. The van der Waals surface area contributed by atoms with Gasteiger partial charge < -0.3 is 4.90 Å². The van der Waals surface area contributed by atoms with E-state index < -0.39 is 10.0 Å². The number of nitrogens with one attached hydrogen (secondary N) is 1. The summed E-state index contributed by atoms with van der Waals surface area (Å²) in [4.78, 5) is 2.28. The molecule has 1 fully saturated rings. The molecule has 0 aromatic heterocycles. The predicted octanol–water partition coefficient (Wildman–Crippen LogP) is 1.20. The van der Waals surface area contributed by atoms with Crippen LogP contribution in [0.5, 0.6) is 0 Å². The average molecular weight is 254 g/mol. The zero-order valence-corrected chi connectivity index (χ0v) is 10.8. The van der Waals surface area contributed by atoms with Crippen LogP contribution in [0.3, 0.4) is 0 Å². The van der Waals surface area contributed by atoms with Gasteiger partial charge in [-0.15, -0.1) is 0 Å². The molecule has 1 aliphatic rings. The summed E-state index contributed by atoms with van der Waals surface area (Å²) in [5.41, 5.74) is 1.17. The van der Waals surface area contributed by atoms with Crippen LogP contribution < -0.4 is 9.62 Å². The fraction of sp³-hybridized carbons (Fsp3) is 0.500. The Morgan fingerprint density at radius 1 is 1.35 bits per heavy atom. The fourth-order valence-electron chi connectivity index (χ4n) is 2.25. The van der Waals surface area contributed by atoms with Crippen LogP contribution in [0.4, 0.5) is 5.69 Å². The molecule has 0 saturated carbocycles. The molecular weight excluding hydrogens is 236 g/mol. The van der Waals surface area contributed by atoms with Gasteiger partial charge in [0.1, 0.15) is 0 Å². The second-order valence-corrected chi connectivity index (χ2v) is 6.28. The summed E-state index contributed by atoms with van der Waals surface area (Å²) in [6.07, 6.45) is 3.36. The molecule has 1 heterocycles. The molecule has 1 aromatic rings. The number of benzene rings is 1. The van der Waals surface area contributed by atoms with Crippen LogP contribution in [-0.2, 0) is 10.0 Å². The zero-order chi connectivity index (χ0) is 12.3. The van der Waals surface area contributed by atoms with Gasteiger partial charge in [-0.1, -0.05) is 18.2 Å². The fourth-order valence-corrected chi connectivity index (χ4v) is 2.75. The van der Waals surface area contributed by atoms with Crippen molar-refractivity contribution in [2.24, 2.45) is 0 Å².